The molecule has 0 fully saturated rings. The lowest BCUT2D eigenvalue weighted by Crippen LogP contribution is -2.45. The SMILES string of the molecule is CCCCCCCC/C=C\CCCCCCCC(=O)OCCCCCCCCCCCCCC/C=C\CCCCCCCCCCCCCCCCC(=O)NC(CO)C(O)CCCCCCCCCCCCCCCCCCCCCCCCCC. The van der Waals surface area contributed by atoms with E-state index in [1.807, 2.05) is 0 Å². The number of hydrogen-bond acceptors (Lipinski definition) is 5. The van der Waals surface area contributed by atoms with Crippen molar-refractivity contribution in [3.05, 3.63) is 24.3 Å². The Morgan fingerprint density at radius 2 is 0.547 bits per heavy atom. The first-order chi connectivity index (χ1) is 42.5. The molecule has 0 bridgehead atoms. The Hall–Kier alpha value is -1.66. The van der Waals surface area contributed by atoms with Gasteiger partial charge in [0.15, 0.2) is 0 Å². The number of rotatable bonds is 75. The molecule has 0 aliphatic rings. The molecule has 2 unspecified atom stereocenters. The van der Waals surface area contributed by atoms with E-state index in [0.717, 1.165) is 44.9 Å². The van der Waals surface area contributed by atoms with Gasteiger partial charge in [-0.1, -0.05) is 385 Å². The van der Waals surface area contributed by atoms with E-state index >= 15 is 0 Å². The lowest BCUT2D eigenvalue weighted by molar-refractivity contribution is -0.143. The first-order valence-electron chi connectivity index (χ1n) is 39.6. The Bertz CT molecular complexity index is 1350. The predicted molar refractivity (Wildman–Crippen MR) is 380 cm³/mol. The molecule has 0 aliphatic carbocycles. The predicted octanol–water partition coefficient (Wildman–Crippen LogP) is 26.0. The van der Waals surface area contributed by atoms with Crippen LogP contribution in [0.25, 0.3) is 0 Å². The van der Waals surface area contributed by atoms with E-state index in [1.54, 1.807) is 0 Å². The number of carbonyl (C=O) groups excluding carboxylic acids is 2. The van der Waals surface area contributed by atoms with Gasteiger partial charge in [0.1, 0.15) is 0 Å². The number of aliphatic hydroxyl groups excluding tert-OH is 2. The van der Waals surface area contributed by atoms with Gasteiger partial charge in [-0.05, 0) is 77.0 Å². The maximum absolute atomic E-state index is 12.6. The normalized spacial score (nSPS) is 12.6. The lowest BCUT2D eigenvalue weighted by atomic mass is 10.0. The number of ether oxygens (including phenoxy) is 1. The molecule has 0 aromatic rings. The van der Waals surface area contributed by atoms with Crippen LogP contribution in [0.1, 0.15) is 450 Å². The number of esters is 1. The third kappa shape index (κ3) is 71.4. The summed E-state index contributed by atoms with van der Waals surface area (Å²) in [7, 11) is 0. The maximum Gasteiger partial charge on any atom is 0.305 e. The smallest absolute Gasteiger partial charge is 0.305 e. The zero-order valence-corrected chi connectivity index (χ0v) is 58.6. The summed E-state index contributed by atoms with van der Waals surface area (Å²) in [6, 6.07) is -0.542. The van der Waals surface area contributed by atoms with Crippen LogP contribution in [-0.2, 0) is 14.3 Å². The van der Waals surface area contributed by atoms with Crippen molar-refractivity contribution in [2.24, 2.45) is 0 Å². The largest absolute Gasteiger partial charge is 0.466 e. The van der Waals surface area contributed by atoms with E-state index in [9.17, 15) is 19.8 Å². The molecule has 0 aromatic carbocycles. The minimum atomic E-state index is -0.665. The molecular formula is C80H155NO5. The van der Waals surface area contributed by atoms with Crippen LogP contribution in [0.2, 0.25) is 0 Å². The summed E-state index contributed by atoms with van der Waals surface area (Å²) >= 11 is 0. The summed E-state index contributed by atoms with van der Waals surface area (Å²) < 4.78 is 5.50. The van der Waals surface area contributed by atoms with Gasteiger partial charge in [0.05, 0.1) is 25.4 Å². The number of unbranched alkanes of at least 4 members (excludes halogenated alkanes) is 60. The van der Waals surface area contributed by atoms with Crippen LogP contribution >= 0.6 is 0 Å². The van der Waals surface area contributed by atoms with Crippen molar-refractivity contribution in [3.63, 3.8) is 0 Å². The molecule has 0 spiro atoms. The molecule has 0 radical (unpaired) electrons. The van der Waals surface area contributed by atoms with Crippen LogP contribution in [0.5, 0.6) is 0 Å². The highest BCUT2D eigenvalue weighted by Crippen LogP contribution is 2.20. The zero-order chi connectivity index (χ0) is 62.0. The van der Waals surface area contributed by atoms with Crippen LogP contribution in [0.4, 0.5) is 0 Å². The lowest BCUT2D eigenvalue weighted by Gasteiger charge is -2.22. The van der Waals surface area contributed by atoms with Crippen molar-refractivity contribution in [1.82, 2.24) is 5.32 Å². The number of nitrogens with one attached hydrogen (secondary N) is 1. The Morgan fingerprint density at radius 3 is 0.826 bits per heavy atom. The van der Waals surface area contributed by atoms with Gasteiger partial charge in [-0.3, -0.25) is 9.59 Å². The van der Waals surface area contributed by atoms with Crippen molar-refractivity contribution < 1.29 is 24.5 Å². The van der Waals surface area contributed by atoms with Gasteiger partial charge in [-0.25, -0.2) is 0 Å². The zero-order valence-electron chi connectivity index (χ0n) is 58.6. The topological polar surface area (TPSA) is 95.9 Å². The van der Waals surface area contributed by atoms with Crippen LogP contribution in [0.3, 0.4) is 0 Å². The minimum Gasteiger partial charge on any atom is -0.466 e. The van der Waals surface area contributed by atoms with Crippen molar-refractivity contribution >= 4 is 11.9 Å². The van der Waals surface area contributed by atoms with E-state index < -0.39 is 12.1 Å². The van der Waals surface area contributed by atoms with Gasteiger partial charge in [0.25, 0.3) is 0 Å². The average molecular weight is 1210 g/mol. The first kappa shape index (κ1) is 84.3. The Kier molecular flexibility index (Phi) is 74.3. The molecule has 1 amide bonds. The standard InChI is InChI=1S/C80H155NO5/c1-3-5-7-9-11-13-15-17-19-20-21-22-23-32-35-38-41-45-48-52-56-60-64-68-72-78(83)77(76-82)81-79(84)73-69-65-61-57-53-49-46-42-39-36-33-30-28-26-24-25-27-29-31-34-37-40-43-47-51-55-59-63-67-71-75-86-80(85)74-70-66-62-58-54-50-44-18-16-14-12-10-8-6-4-2/h18,25,27,44,77-78,82-83H,3-17,19-24,26,28-43,45-76H2,1-2H3,(H,81,84)/b27-25-,44-18-. The van der Waals surface area contributed by atoms with Crippen LogP contribution < -0.4 is 5.32 Å². The van der Waals surface area contributed by atoms with E-state index in [-0.39, 0.29) is 18.5 Å². The first-order valence-corrected chi connectivity index (χ1v) is 39.6. The fourth-order valence-corrected chi connectivity index (χ4v) is 12.7. The highest BCUT2D eigenvalue weighted by atomic mass is 16.5. The second-order valence-corrected chi connectivity index (χ2v) is 27.4. The summed E-state index contributed by atoms with van der Waals surface area (Å²) in [5, 5.41) is 23.5. The van der Waals surface area contributed by atoms with Gasteiger partial charge >= 0.3 is 5.97 Å². The van der Waals surface area contributed by atoms with Crippen LogP contribution in [0, 0.1) is 0 Å². The molecule has 6 nitrogen and oxygen atoms in total. The summed E-state index contributed by atoms with van der Waals surface area (Å²) in [5.41, 5.74) is 0. The van der Waals surface area contributed by atoms with Crippen molar-refractivity contribution in [3.8, 4) is 0 Å². The second kappa shape index (κ2) is 75.8. The molecule has 86 heavy (non-hydrogen) atoms. The molecule has 0 aromatic heterocycles. The van der Waals surface area contributed by atoms with E-state index in [0.29, 0.717) is 25.9 Å². The number of carbonyl (C=O) groups is 2. The van der Waals surface area contributed by atoms with Crippen LogP contribution in [-0.4, -0.2) is 47.4 Å². The monoisotopic (exact) mass is 1210 g/mol. The van der Waals surface area contributed by atoms with Crippen molar-refractivity contribution in [2.45, 2.75) is 463 Å². The Morgan fingerprint density at radius 1 is 0.314 bits per heavy atom. The number of hydrogen-bond donors (Lipinski definition) is 3. The van der Waals surface area contributed by atoms with Crippen molar-refractivity contribution in [2.75, 3.05) is 13.2 Å². The molecule has 0 rings (SSSR count). The van der Waals surface area contributed by atoms with Gasteiger partial charge in [0.2, 0.25) is 5.91 Å². The maximum atomic E-state index is 12.6. The molecule has 0 saturated carbocycles. The van der Waals surface area contributed by atoms with Gasteiger partial charge < -0.3 is 20.3 Å². The second-order valence-electron chi connectivity index (χ2n) is 27.4. The number of aliphatic hydroxyl groups is 2. The third-order valence-corrected chi connectivity index (χ3v) is 18.7. The molecule has 0 aliphatic heterocycles. The van der Waals surface area contributed by atoms with Gasteiger partial charge in [0, 0.05) is 12.8 Å². The summed E-state index contributed by atoms with van der Waals surface area (Å²) in [6.07, 6.45) is 96.9. The Labute approximate surface area is 539 Å². The molecule has 2 atom stereocenters. The molecule has 0 saturated heterocycles. The number of allylic oxidation sites excluding steroid dienone is 4. The quantitative estimate of drug-likeness (QED) is 0.0320. The fourth-order valence-electron chi connectivity index (χ4n) is 12.7. The summed E-state index contributed by atoms with van der Waals surface area (Å²) in [6.45, 7) is 4.99. The van der Waals surface area contributed by atoms with Gasteiger partial charge in [-0.2, -0.15) is 0 Å². The Balaban J connectivity index is 3.37. The minimum absolute atomic E-state index is 0.0102. The summed E-state index contributed by atoms with van der Waals surface area (Å²) in [5.74, 6) is -0.0176. The third-order valence-electron chi connectivity index (χ3n) is 18.7. The molecule has 0 heterocycles. The van der Waals surface area contributed by atoms with Crippen LogP contribution in [0.15, 0.2) is 24.3 Å². The number of amides is 1. The summed E-state index contributed by atoms with van der Waals surface area (Å²) in [4.78, 5) is 24.7. The highest BCUT2D eigenvalue weighted by molar-refractivity contribution is 5.76. The molecular weight excluding hydrogens is 1050 g/mol. The average Bonchev–Trinajstić information content (AvgIpc) is 3.54. The molecule has 6 heteroatoms. The molecule has 510 valence electrons. The fraction of sp³-hybridized carbons (Fsp3) is 0.925. The van der Waals surface area contributed by atoms with E-state index in [4.69, 9.17) is 4.74 Å². The highest BCUT2D eigenvalue weighted by Gasteiger charge is 2.20. The molecule has 3 N–H and O–H groups in total. The van der Waals surface area contributed by atoms with E-state index in [1.165, 1.54) is 372 Å². The van der Waals surface area contributed by atoms with Crippen molar-refractivity contribution in [1.29, 1.82) is 0 Å². The van der Waals surface area contributed by atoms with Gasteiger partial charge in [-0.15, -0.1) is 0 Å². The van der Waals surface area contributed by atoms with E-state index in [2.05, 4.69) is 43.5 Å².